The molecule has 8 heteroatoms. The van der Waals surface area contributed by atoms with Crippen molar-refractivity contribution in [3.63, 3.8) is 0 Å². The van der Waals surface area contributed by atoms with Crippen LogP contribution in [0.25, 0.3) is 0 Å². The summed E-state index contributed by atoms with van der Waals surface area (Å²) >= 11 is 5.77. The maximum Gasteiger partial charge on any atom is 0.418 e. The summed E-state index contributed by atoms with van der Waals surface area (Å²) in [5, 5.41) is 6.01. The van der Waals surface area contributed by atoms with Gasteiger partial charge in [-0.05, 0) is 12.1 Å². The number of rotatable bonds is 2. The summed E-state index contributed by atoms with van der Waals surface area (Å²) in [6, 6.07) is 4.71. The molecule has 0 spiro atoms. The lowest BCUT2D eigenvalue weighted by Crippen LogP contribution is -2.19. The second-order valence-corrected chi connectivity index (χ2v) is 4.37. The summed E-state index contributed by atoms with van der Waals surface area (Å²) in [7, 11) is 1.47. The number of aromatic nitrogens is 2. The molecular formula is C12H9ClF3N3O. The van der Waals surface area contributed by atoms with E-state index in [-0.39, 0.29) is 16.4 Å². The summed E-state index contributed by atoms with van der Waals surface area (Å²) in [5.74, 6) is -0.758. The standard InChI is InChI=1S/C12H9ClF3N3O/c1-19-10(8(13)6-17-19)11(20)18-9-5-3-2-4-7(9)12(14,15)16/h2-6H,1H3,(H,18,20). The predicted octanol–water partition coefficient (Wildman–Crippen LogP) is 3.34. The van der Waals surface area contributed by atoms with Gasteiger partial charge in [0.15, 0.2) is 0 Å². The maximum absolute atomic E-state index is 12.8. The van der Waals surface area contributed by atoms with Gasteiger partial charge in [0, 0.05) is 7.05 Å². The second-order valence-electron chi connectivity index (χ2n) is 3.96. The molecule has 0 saturated heterocycles. The predicted molar refractivity (Wildman–Crippen MR) is 67.6 cm³/mol. The van der Waals surface area contributed by atoms with Crippen molar-refractivity contribution in [3.05, 3.63) is 46.7 Å². The van der Waals surface area contributed by atoms with Gasteiger partial charge < -0.3 is 5.32 Å². The number of carbonyl (C=O) groups excluding carboxylic acids is 1. The number of halogens is 4. The normalized spacial score (nSPS) is 11.4. The number of hydrogen-bond donors (Lipinski definition) is 1. The molecule has 0 atom stereocenters. The van der Waals surface area contributed by atoms with Gasteiger partial charge in [0.2, 0.25) is 0 Å². The van der Waals surface area contributed by atoms with Crippen LogP contribution in [0.15, 0.2) is 30.5 Å². The Morgan fingerprint density at radius 3 is 2.55 bits per heavy atom. The van der Waals surface area contributed by atoms with Crippen molar-refractivity contribution in [2.24, 2.45) is 7.05 Å². The van der Waals surface area contributed by atoms with Gasteiger partial charge in [-0.15, -0.1) is 0 Å². The number of anilines is 1. The van der Waals surface area contributed by atoms with Gasteiger partial charge in [0.1, 0.15) is 5.69 Å². The van der Waals surface area contributed by atoms with E-state index in [0.717, 1.165) is 6.07 Å². The van der Waals surface area contributed by atoms with E-state index >= 15 is 0 Å². The fraction of sp³-hybridized carbons (Fsp3) is 0.167. The lowest BCUT2D eigenvalue weighted by molar-refractivity contribution is -0.136. The van der Waals surface area contributed by atoms with Gasteiger partial charge in [-0.1, -0.05) is 23.7 Å². The van der Waals surface area contributed by atoms with Crippen LogP contribution in [-0.2, 0) is 13.2 Å². The average molecular weight is 304 g/mol. The van der Waals surface area contributed by atoms with Gasteiger partial charge in [-0.3, -0.25) is 9.48 Å². The third-order valence-corrected chi connectivity index (χ3v) is 2.87. The molecule has 20 heavy (non-hydrogen) atoms. The van der Waals surface area contributed by atoms with E-state index in [9.17, 15) is 18.0 Å². The lowest BCUT2D eigenvalue weighted by atomic mass is 10.1. The SMILES string of the molecule is Cn1ncc(Cl)c1C(=O)Nc1ccccc1C(F)(F)F. The van der Waals surface area contributed by atoms with E-state index < -0.39 is 17.6 Å². The molecule has 0 saturated carbocycles. The van der Waals surface area contributed by atoms with Crippen molar-refractivity contribution in [1.29, 1.82) is 0 Å². The molecule has 1 aromatic carbocycles. The number of hydrogen-bond acceptors (Lipinski definition) is 2. The fourth-order valence-corrected chi connectivity index (χ4v) is 1.94. The zero-order valence-electron chi connectivity index (χ0n) is 10.2. The largest absolute Gasteiger partial charge is 0.418 e. The van der Waals surface area contributed by atoms with Gasteiger partial charge in [-0.2, -0.15) is 18.3 Å². The molecule has 1 heterocycles. The Labute approximate surface area is 117 Å². The minimum Gasteiger partial charge on any atom is -0.320 e. The van der Waals surface area contributed by atoms with Crippen LogP contribution in [0.4, 0.5) is 18.9 Å². The van der Waals surface area contributed by atoms with Crippen molar-refractivity contribution in [2.75, 3.05) is 5.32 Å². The second kappa shape index (κ2) is 5.16. The first kappa shape index (κ1) is 14.4. The van der Waals surface area contributed by atoms with Crippen LogP contribution in [0.1, 0.15) is 16.1 Å². The number of nitrogens with zero attached hydrogens (tertiary/aromatic N) is 2. The summed E-state index contributed by atoms with van der Waals surface area (Å²) in [5.41, 5.74) is -1.27. The van der Waals surface area contributed by atoms with Crippen molar-refractivity contribution in [3.8, 4) is 0 Å². The highest BCUT2D eigenvalue weighted by Gasteiger charge is 2.33. The van der Waals surface area contributed by atoms with Crippen LogP contribution in [0, 0.1) is 0 Å². The van der Waals surface area contributed by atoms with Gasteiger partial charge in [-0.25, -0.2) is 0 Å². The minimum atomic E-state index is -4.56. The quantitative estimate of drug-likeness (QED) is 0.925. The zero-order chi connectivity index (χ0) is 14.9. The lowest BCUT2D eigenvalue weighted by Gasteiger charge is -2.13. The first-order chi connectivity index (χ1) is 9.30. The molecule has 2 rings (SSSR count). The van der Waals surface area contributed by atoms with E-state index in [1.807, 2.05) is 0 Å². The minimum absolute atomic E-state index is 0.0105. The van der Waals surface area contributed by atoms with Crippen molar-refractivity contribution in [2.45, 2.75) is 6.18 Å². The van der Waals surface area contributed by atoms with Gasteiger partial charge >= 0.3 is 6.18 Å². The first-order valence-corrected chi connectivity index (χ1v) is 5.83. The molecule has 1 amide bonds. The first-order valence-electron chi connectivity index (χ1n) is 5.46. The van der Waals surface area contributed by atoms with Gasteiger partial charge in [0.05, 0.1) is 22.5 Å². The molecular weight excluding hydrogens is 295 g/mol. The summed E-state index contributed by atoms with van der Waals surface area (Å²) in [6.45, 7) is 0. The number of alkyl halides is 3. The highest BCUT2D eigenvalue weighted by Crippen LogP contribution is 2.34. The van der Waals surface area contributed by atoms with E-state index in [4.69, 9.17) is 11.6 Å². The van der Waals surface area contributed by atoms with Crippen molar-refractivity contribution in [1.82, 2.24) is 9.78 Å². The highest BCUT2D eigenvalue weighted by atomic mass is 35.5. The molecule has 2 aromatic rings. The Morgan fingerprint density at radius 2 is 2.00 bits per heavy atom. The van der Waals surface area contributed by atoms with E-state index in [1.165, 1.54) is 36.1 Å². The Hall–Kier alpha value is -2.02. The number of para-hydroxylation sites is 1. The van der Waals surface area contributed by atoms with Crippen LogP contribution in [0.5, 0.6) is 0 Å². The molecule has 0 bridgehead atoms. The van der Waals surface area contributed by atoms with E-state index in [2.05, 4.69) is 10.4 Å². The molecule has 0 aliphatic carbocycles. The molecule has 106 valence electrons. The number of carbonyl (C=O) groups is 1. The Kier molecular flexibility index (Phi) is 3.71. The van der Waals surface area contributed by atoms with Crippen LogP contribution in [-0.4, -0.2) is 15.7 Å². The monoisotopic (exact) mass is 303 g/mol. The molecule has 0 fully saturated rings. The number of benzene rings is 1. The number of nitrogens with one attached hydrogen (secondary N) is 1. The molecule has 0 aliphatic heterocycles. The van der Waals surface area contributed by atoms with E-state index in [0.29, 0.717) is 0 Å². The molecule has 4 nitrogen and oxygen atoms in total. The third kappa shape index (κ3) is 2.77. The molecule has 1 aromatic heterocycles. The average Bonchev–Trinajstić information content (AvgIpc) is 2.68. The fourth-order valence-electron chi connectivity index (χ4n) is 1.69. The van der Waals surface area contributed by atoms with Crippen molar-refractivity contribution < 1.29 is 18.0 Å². The van der Waals surface area contributed by atoms with Crippen LogP contribution in [0.2, 0.25) is 5.02 Å². The maximum atomic E-state index is 12.8. The number of amides is 1. The molecule has 1 N–H and O–H groups in total. The summed E-state index contributed by atoms with van der Waals surface area (Å²) < 4.78 is 39.6. The third-order valence-electron chi connectivity index (χ3n) is 2.59. The van der Waals surface area contributed by atoms with Crippen molar-refractivity contribution >= 4 is 23.2 Å². The topological polar surface area (TPSA) is 46.9 Å². The Balaban J connectivity index is 2.34. The zero-order valence-corrected chi connectivity index (χ0v) is 11.0. The smallest absolute Gasteiger partial charge is 0.320 e. The molecule has 0 radical (unpaired) electrons. The van der Waals surface area contributed by atoms with Crippen LogP contribution >= 0.6 is 11.6 Å². The highest BCUT2D eigenvalue weighted by molar-refractivity contribution is 6.34. The molecule has 0 aliphatic rings. The van der Waals surface area contributed by atoms with Crippen LogP contribution in [0.3, 0.4) is 0 Å². The molecule has 0 unspecified atom stereocenters. The Bertz CT molecular complexity index is 632. The number of aryl methyl sites for hydroxylation is 1. The van der Waals surface area contributed by atoms with Gasteiger partial charge in [0.25, 0.3) is 5.91 Å². The summed E-state index contributed by atoms with van der Waals surface area (Å²) in [4.78, 5) is 12.0. The van der Waals surface area contributed by atoms with E-state index in [1.54, 1.807) is 0 Å². The Morgan fingerprint density at radius 1 is 1.35 bits per heavy atom. The van der Waals surface area contributed by atoms with Crippen LogP contribution < -0.4 is 5.32 Å². The summed E-state index contributed by atoms with van der Waals surface area (Å²) in [6.07, 6.45) is -3.31.